The van der Waals surface area contributed by atoms with Crippen molar-refractivity contribution < 1.29 is 17.2 Å². The van der Waals surface area contributed by atoms with E-state index in [1.54, 1.807) is 24.4 Å². The minimum atomic E-state index is -3.44. The molecule has 0 aliphatic heterocycles. The molecule has 32 heavy (non-hydrogen) atoms. The largest absolute Gasteiger partial charge is 0.284 e. The first-order chi connectivity index (χ1) is 15.0. The molecule has 1 fully saturated rings. The molecular weight excluding hydrogens is 434 g/mol. The molecule has 2 aliphatic carbocycles. The topological polar surface area (TPSA) is 84.8 Å². The van der Waals surface area contributed by atoms with Crippen molar-refractivity contribution in [2.45, 2.75) is 38.0 Å². The third-order valence-electron chi connectivity index (χ3n) is 7.10. The first kappa shape index (κ1) is 20.9. The van der Waals surface area contributed by atoms with Crippen LogP contribution in [0.5, 0.6) is 0 Å². The average molecular weight is 457 g/mol. The van der Waals surface area contributed by atoms with Gasteiger partial charge in [-0.3, -0.25) is 9.71 Å². The van der Waals surface area contributed by atoms with Crippen molar-refractivity contribution in [2.75, 3.05) is 11.0 Å². The van der Waals surface area contributed by atoms with Gasteiger partial charge >= 0.3 is 0 Å². The molecule has 9 heteroatoms. The third-order valence-corrected chi connectivity index (χ3v) is 7.71. The fourth-order valence-electron chi connectivity index (χ4n) is 5.70. The maximum atomic E-state index is 14.4. The van der Waals surface area contributed by atoms with Gasteiger partial charge in [0, 0.05) is 6.20 Å². The van der Waals surface area contributed by atoms with Gasteiger partial charge in [0.1, 0.15) is 11.6 Å². The SMILES string of the molecule is CC1(C)[C@H]2CC[C@]1(c1cc(NS(C)(=O)=O)ccn1)c1nnc(-c3c(F)cccc3F)cc12. The zero-order valence-electron chi connectivity index (χ0n) is 17.9. The fourth-order valence-corrected chi connectivity index (χ4v) is 6.25. The van der Waals surface area contributed by atoms with Crippen molar-refractivity contribution in [1.29, 1.82) is 0 Å². The average Bonchev–Trinajstić information content (AvgIpc) is 3.08. The number of hydrogen-bond donors (Lipinski definition) is 1. The van der Waals surface area contributed by atoms with E-state index in [-0.39, 0.29) is 22.6 Å². The van der Waals surface area contributed by atoms with Gasteiger partial charge in [-0.15, -0.1) is 5.10 Å². The molecule has 6 nitrogen and oxygen atoms in total. The lowest BCUT2D eigenvalue weighted by molar-refractivity contribution is 0.243. The van der Waals surface area contributed by atoms with Crippen LogP contribution in [0.15, 0.2) is 42.6 Å². The van der Waals surface area contributed by atoms with E-state index >= 15 is 0 Å². The molecule has 2 atom stereocenters. The maximum Gasteiger partial charge on any atom is 0.229 e. The van der Waals surface area contributed by atoms with Crippen LogP contribution in [0.2, 0.25) is 0 Å². The second kappa shape index (κ2) is 6.78. The van der Waals surface area contributed by atoms with Crippen LogP contribution < -0.4 is 4.72 Å². The summed E-state index contributed by atoms with van der Waals surface area (Å²) in [6.07, 6.45) is 4.31. The number of nitrogens with zero attached hydrogens (tertiary/aromatic N) is 3. The van der Waals surface area contributed by atoms with Crippen LogP contribution in [-0.4, -0.2) is 29.9 Å². The number of pyridine rings is 1. The van der Waals surface area contributed by atoms with Gasteiger partial charge in [0.15, 0.2) is 0 Å². The minimum Gasteiger partial charge on any atom is -0.284 e. The predicted octanol–water partition coefficient (Wildman–Crippen LogP) is 4.39. The van der Waals surface area contributed by atoms with E-state index in [9.17, 15) is 17.2 Å². The summed E-state index contributed by atoms with van der Waals surface area (Å²) in [7, 11) is -3.44. The predicted molar refractivity (Wildman–Crippen MR) is 117 cm³/mol. The first-order valence-electron chi connectivity index (χ1n) is 10.3. The highest BCUT2D eigenvalue weighted by molar-refractivity contribution is 7.92. The van der Waals surface area contributed by atoms with Crippen LogP contribution in [-0.2, 0) is 15.4 Å². The quantitative estimate of drug-likeness (QED) is 0.629. The van der Waals surface area contributed by atoms with Crippen molar-refractivity contribution in [3.63, 3.8) is 0 Å². The number of rotatable bonds is 4. The van der Waals surface area contributed by atoms with Crippen LogP contribution in [0.25, 0.3) is 11.3 Å². The van der Waals surface area contributed by atoms with Gasteiger partial charge in [-0.05, 0) is 60.1 Å². The molecule has 0 unspecified atom stereocenters. The molecule has 1 saturated carbocycles. The zero-order valence-corrected chi connectivity index (χ0v) is 18.7. The Morgan fingerprint density at radius 1 is 1.09 bits per heavy atom. The third kappa shape index (κ3) is 2.87. The van der Waals surface area contributed by atoms with Crippen molar-refractivity contribution in [3.05, 3.63) is 71.2 Å². The fraction of sp³-hybridized carbons (Fsp3) is 0.348. The number of hydrogen-bond acceptors (Lipinski definition) is 5. The molecule has 2 aliphatic rings. The molecule has 5 rings (SSSR count). The molecular formula is C23H22F2N4O2S. The summed E-state index contributed by atoms with van der Waals surface area (Å²) in [4.78, 5) is 4.60. The summed E-state index contributed by atoms with van der Waals surface area (Å²) in [5.41, 5.74) is 1.89. The van der Waals surface area contributed by atoms with Gasteiger partial charge < -0.3 is 0 Å². The van der Waals surface area contributed by atoms with Gasteiger partial charge in [0.05, 0.1) is 40.0 Å². The lowest BCUT2D eigenvalue weighted by atomic mass is 9.66. The summed E-state index contributed by atoms with van der Waals surface area (Å²) < 4.78 is 54.7. The number of halogens is 2. The van der Waals surface area contributed by atoms with Crippen LogP contribution in [0.4, 0.5) is 14.5 Å². The Morgan fingerprint density at radius 2 is 1.81 bits per heavy atom. The summed E-state index contributed by atoms with van der Waals surface area (Å²) in [6.45, 7) is 4.27. The van der Waals surface area contributed by atoms with Crippen LogP contribution in [0.3, 0.4) is 0 Å². The standard InChI is InChI=1S/C23H22F2N4O2S/c1-22(2)15-7-9-23(22,19-11-13(8-10-26-19)29-32(3,30)31)21-14(15)12-18(27-28-21)20-16(24)5-4-6-17(20)25/h4-6,8,10-12,15H,7,9H2,1-3H3,(H,26,29)/t15-,23-/m0/s1. The molecule has 1 aromatic carbocycles. The van der Waals surface area contributed by atoms with Crippen molar-refractivity contribution in [2.24, 2.45) is 5.41 Å². The van der Waals surface area contributed by atoms with Gasteiger partial charge in [-0.25, -0.2) is 17.2 Å². The van der Waals surface area contributed by atoms with Crippen LogP contribution in [0.1, 0.15) is 49.6 Å². The highest BCUT2D eigenvalue weighted by Crippen LogP contribution is 2.69. The molecule has 166 valence electrons. The van der Waals surface area contributed by atoms with Gasteiger partial charge in [-0.1, -0.05) is 19.9 Å². The normalized spacial score (nSPS) is 23.2. The molecule has 2 aromatic heterocycles. The monoisotopic (exact) mass is 456 g/mol. The Bertz CT molecular complexity index is 1340. The molecule has 2 heterocycles. The van der Waals surface area contributed by atoms with Crippen molar-refractivity contribution in [1.82, 2.24) is 15.2 Å². The number of nitrogens with one attached hydrogen (secondary N) is 1. The lowest BCUT2D eigenvalue weighted by Crippen LogP contribution is -2.37. The molecule has 2 bridgehead atoms. The maximum absolute atomic E-state index is 14.4. The highest BCUT2D eigenvalue weighted by atomic mass is 32.2. The molecule has 1 N–H and O–H groups in total. The minimum absolute atomic E-state index is 0.106. The Morgan fingerprint density at radius 3 is 2.50 bits per heavy atom. The second-order valence-electron chi connectivity index (χ2n) is 9.15. The van der Waals surface area contributed by atoms with Gasteiger partial charge in [0.25, 0.3) is 0 Å². The summed E-state index contributed by atoms with van der Waals surface area (Å²) in [5, 5.41) is 8.70. The van der Waals surface area contributed by atoms with Gasteiger partial charge in [-0.2, -0.15) is 5.10 Å². The Balaban J connectivity index is 1.68. The molecule has 3 aromatic rings. The van der Waals surface area contributed by atoms with E-state index in [2.05, 4.69) is 33.8 Å². The summed E-state index contributed by atoms with van der Waals surface area (Å²) in [5.74, 6) is -1.26. The molecule has 0 radical (unpaired) electrons. The van der Waals surface area contributed by atoms with E-state index in [4.69, 9.17) is 0 Å². The van der Waals surface area contributed by atoms with Gasteiger partial charge in [0.2, 0.25) is 10.0 Å². The van der Waals surface area contributed by atoms with E-state index < -0.39 is 27.1 Å². The van der Waals surface area contributed by atoms with Crippen molar-refractivity contribution in [3.8, 4) is 11.3 Å². The molecule has 0 spiro atoms. The Kier molecular flexibility index (Phi) is 4.43. The smallest absolute Gasteiger partial charge is 0.229 e. The van der Waals surface area contributed by atoms with E-state index in [1.165, 1.54) is 18.2 Å². The molecule has 0 amide bonds. The highest BCUT2D eigenvalue weighted by Gasteiger charge is 2.65. The Hall–Kier alpha value is -2.94. The second-order valence-corrected chi connectivity index (χ2v) is 10.9. The lowest BCUT2D eigenvalue weighted by Gasteiger charge is -2.37. The number of sulfonamides is 1. The van der Waals surface area contributed by atoms with Crippen LogP contribution >= 0.6 is 0 Å². The molecule has 0 saturated heterocycles. The number of aromatic nitrogens is 3. The van der Waals surface area contributed by atoms with Crippen molar-refractivity contribution >= 4 is 15.7 Å². The zero-order chi connectivity index (χ0) is 22.9. The van der Waals surface area contributed by atoms with E-state index in [0.29, 0.717) is 11.4 Å². The van der Waals surface area contributed by atoms with E-state index in [1.807, 2.05) is 0 Å². The number of anilines is 1. The van der Waals surface area contributed by atoms with Crippen LogP contribution in [0, 0.1) is 17.0 Å². The number of benzene rings is 1. The summed E-state index contributed by atoms with van der Waals surface area (Å²) >= 11 is 0. The Labute approximate surface area is 185 Å². The first-order valence-corrected chi connectivity index (χ1v) is 12.2. The number of fused-ring (bicyclic) bond motifs is 5. The summed E-state index contributed by atoms with van der Waals surface area (Å²) in [6, 6.07) is 8.82. The van der Waals surface area contributed by atoms with E-state index in [0.717, 1.165) is 30.4 Å².